The van der Waals surface area contributed by atoms with Gasteiger partial charge >= 0.3 is 5.97 Å². The van der Waals surface area contributed by atoms with E-state index < -0.39 is 10.2 Å². The van der Waals surface area contributed by atoms with E-state index in [4.69, 9.17) is 4.74 Å². The van der Waals surface area contributed by atoms with Crippen LogP contribution in [-0.2, 0) is 19.7 Å². The van der Waals surface area contributed by atoms with Crippen LogP contribution in [0.3, 0.4) is 0 Å². The lowest BCUT2D eigenvalue weighted by molar-refractivity contribution is -0.146. The summed E-state index contributed by atoms with van der Waals surface area (Å²) >= 11 is 0. The first-order chi connectivity index (χ1) is 9.86. The molecule has 0 unspecified atom stereocenters. The van der Waals surface area contributed by atoms with Gasteiger partial charge in [-0.2, -0.15) is 12.7 Å². The molecule has 0 aromatic rings. The van der Waals surface area contributed by atoms with Crippen molar-refractivity contribution < 1.29 is 17.9 Å². The van der Waals surface area contributed by atoms with Crippen molar-refractivity contribution in [2.75, 3.05) is 33.3 Å². The Labute approximate surface area is 127 Å². The van der Waals surface area contributed by atoms with Crippen LogP contribution in [0.15, 0.2) is 0 Å². The summed E-state index contributed by atoms with van der Waals surface area (Å²) in [7, 11) is -2.08. The second kappa shape index (κ2) is 8.67. The van der Waals surface area contributed by atoms with Gasteiger partial charge in [-0.25, -0.2) is 4.72 Å². The van der Waals surface area contributed by atoms with Gasteiger partial charge in [0, 0.05) is 25.7 Å². The van der Waals surface area contributed by atoms with Gasteiger partial charge in [-0.1, -0.05) is 13.8 Å². The first-order valence-corrected chi connectivity index (χ1v) is 8.86. The molecular formula is C13H27N3O4S. The van der Waals surface area contributed by atoms with E-state index in [-0.39, 0.29) is 11.9 Å². The lowest BCUT2D eigenvalue weighted by Crippen LogP contribution is -2.46. The Bertz CT molecular complexity index is 417. The van der Waals surface area contributed by atoms with Crippen molar-refractivity contribution in [1.29, 1.82) is 0 Å². The Balaban J connectivity index is 2.31. The van der Waals surface area contributed by atoms with E-state index in [0.29, 0.717) is 38.5 Å². The van der Waals surface area contributed by atoms with Gasteiger partial charge in [0.05, 0.1) is 13.0 Å². The van der Waals surface area contributed by atoms with E-state index in [1.807, 2.05) is 0 Å². The molecule has 0 atom stereocenters. The highest BCUT2D eigenvalue weighted by molar-refractivity contribution is 7.87. The van der Waals surface area contributed by atoms with Gasteiger partial charge in [0.15, 0.2) is 0 Å². The summed E-state index contributed by atoms with van der Waals surface area (Å²) < 4.78 is 32.9. The smallest absolute Gasteiger partial charge is 0.308 e. The molecule has 7 nitrogen and oxygen atoms in total. The molecule has 1 fully saturated rings. The Kier molecular flexibility index (Phi) is 7.58. The molecule has 8 heteroatoms. The molecule has 0 bridgehead atoms. The summed E-state index contributed by atoms with van der Waals surface area (Å²) in [6.45, 7) is 6.02. The van der Waals surface area contributed by atoms with E-state index >= 15 is 0 Å². The number of piperidine rings is 1. The van der Waals surface area contributed by atoms with Crippen LogP contribution in [0.1, 0.15) is 33.1 Å². The molecule has 1 heterocycles. The predicted octanol–water partition coefficient (Wildman–Crippen LogP) is 0.0939. The predicted molar refractivity (Wildman–Crippen MR) is 81.0 cm³/mol. The summed E-state index contributed by atoms with van der Waals surface area (Å²) in [4.78, 5) is 11.4. The molecule has 0 saturated carbocycles. The maximum atomic E-state index is 12.1. The summed E-state index contributed by atoms with van der Waals surface area (Å²) in [6.07, 6.45) is 1.78. The zero-order valence-corrected chi connectivity index (χ0v) is 13.9. The standard InChI is InChI=1S/C13H27N3O4S/c1-11(2)14-7-4-8-15-21(18,19)16-9-5-12(6-10-16)13(17)20-3/h11-12,14-15H,4-10H2,1-3H3. The average Bonchev–Trinajstić information content (AvgIpc) is 2.45. The minimum absolute atomic E-state index is 0.184. The van der Waals surface area contributed by atoms with Crippen molar-refractivity contribution in [3.8, 4) is 0 Å². The molecule has 0 aliphatic carbocycles. The van der Waals surface area contributed by atoms with Crippen molar-refractivity contribution in [3.63, 3.8) is 0 Å². The molecule has 124 valence electrons. The summed E-state index contributed by atoms with van der Waals surface area (Å²) in [5, 5.41) is 3.24. The van der Waals surface area contributed by atoms with Crippen molar-refractivity contribution in [1.82, 2.24) is 14.3 Å². The Morgan fingerprint density at radius 3 is 2.43 bits per heavy atom. The van der Waals surface area contributed by atoms with Crippen LogP contribution in [-0.4, -0.2) is 58.0 Å². The number of carbonyl (C=O) groups is 1. The second-order valence-corrected chi connectivity index (χ2v) is 7.31. The van der Waals surface area contributed by atoms with Crippen LogP contribution in [0.5, 0.6) is 0 Å². The first-order valence-electron chi connectivity index (χ1n) is 7.42. The monoisotopic (exact) mass is 321 g/mol. The van der Waals surface area contributed by atoms with Gasteiger partial charge in [0.2, 0.25) is 0 Å². The summed E-state index contributed by atoms with van der Waals surface area (Å²) in [6, 6.07) is 0.402. The molecular weight excluding hydrogens is 294 g/mol. The van der Waals surface area contributed by atoms with Crippen LogP contribution in [0.2, 0.25) is 0 Å². The molecule has 0 aromatic carbocycles. The molecule has 1 aliphatic heterocycles. The van der Waals surface area contributed by atoms with Gasteiger partial charge in [-0.15, -0.1) is 0 Å². The molecule has 1 aliphatic rings. The zero-order valence-electron chi connectivity index (χ0n) is 13.1. The number of nitrogens with zero attached hydrogens (tertiary/aromatic N) is 1. The molecule has 0 spiro atoms. The second-order valence-electron chi connectivity index (χ2n) is 5.56. The van der Waals surface area contributed by atoms with Crippen molar-refractivity contribution in [2.24, 2.45) is 5.92 Å². The van der Waals surface area contributed by atoms with E-state index in [9.17, 15) is 13.2 Å². The Hall–Kier alpha value is -0.700. The SMILES string of the molecule is COC(=O)C1CCN(S(=O)(=O)NCCCNC(C)C)CC1. The number of hydrogen-bond acceptors (Lipinski definition) is 5. The lowest BCUT2D eigenvalue weighted by Gasteiger charge is -2.29. The van der Waals surface area contributed by atoms with E-state index in [2.05, 4.69) is 23.9 Å². The minimum Gasteiger partial charge on any atom is -0.469 e. The highest BCUT2D eigenvalue weighted by Crippen LogP contribution is 2.20. The number of rotatable bonds is 8. The first kappa shape index (κ1) is 18.3. The van der Waals surface area contributed by atoms with Gasteiger partial charge in [-0.05, 0) is 25.8 Å². The molecule has 0 aromatic heterocycles. The van der Waals surface area contributed by atoms with Crippen LogP contribution in [0.25, 0.3) is 0 Å². The van der Waals surface area contributed by atoms with Crippen LogP contribution in [0, 0.1) is 5.92 Å². The van der Waals surface area contributed by atoms with Crippen molar-refractivity contribution in [3.05, 3.63) is 0 Å². The number of methoxy groups -OCH3 is 1. The maximum Gasteiger partial charge on any atom is 0.308 e. The highest BCUT2D eigenvalue weighted by Gasteiger charge is 2.31. The maximum absolute atomic E-state index is 12.1. The third-order valence-corrected chi connectivity index (χ3v) is 5.13. The fourth-order valence-electron chi connectivity index (χ4n) is 2.27. The topological polar surface area (TPSA) is 87.7 Å². The van der Waals surface area contributed by atoms with Crippen LogP contribution >= 0.6 is 0 Å². The number of ether oxygens (including phenoxy) is 1. The van der Waals surface area contributed by atoms with Crippen LogP contribution < -0.4 is 10.0 Å². The number of hydrogen-bond donors (Lipinski definition) is 2. The third kappa shape index (κ3) is 6.29. The minimum atomic E-state index is -3.44. The quantitative estimate of drug-likeness (QED) is 0.489. The third-order valence-electron chi connectivity index (χ3n) is 3.52. The summed E-state index contributed by atoms with van der Waals surface area (Å²) in [5.74, 6) is -0.434. The molecule has 0 radical (unpaired) electrons. The zero-order chi connectivity index (χ0) is 15.9. The average molecular weight is 321 g/mol. The lowest BCUT2D eigenvalue weighted by atomic mass is 9.99. The molecule has 1 saturated heterocycles. The van der Waals surface area contributed by atoms with Crippen molar-refractivity contribution >= 4 is 16.2 Å². The van der Waals surface area contributed by atoms with Gasteiger partial charge < -0.3 is 10.1 Å². The van der Waals surface area contributed by atoms with Gasteiger partial charge in [0.1, 0.15) is 0 Å². The molecule has 0 amide bonds. The normalized spacial score (nSPS) is 18.1. The highest BCUT2D eigenvalue weighted by atomic mass is 32.2. The Morgan fingerprint density at radius 1 is 1.29 bits per heavy atom. The number of nitrogens with one attached hydrogen (secondary N) is 2. The molecule has 21 heavy (non-hydrogen) atoms. The van der Waals surface area contributed by atoms with Gasteiger partial charge in [-0.3, -0.25) is 4.79 Å². The number of carbonyl (C=O) groups excluding carboxylic acids is 1. The summed E-state index contributed by atoms with van der Waals surface area (Å²) in [5.41, 5.74) is 0. The fraction of sp³-hybridized carbons (Fsp3) is 0.923. The molecule has 1 rings (SSSR count). The number of esters is 1. The Morgan fingerprint density at radius 2 is 1.90 bits per heavy atom. The molecule has 2 N–H and O–H groups in total. The fourth-order valence-corrected chi connectivity index (χ4v) is 3.55. The largest absolute Gasteiger partial charge is 0.469 e. The van der Waals surface area contributed by atoms with Crippen molar-refractivity contribution in [2.45, 2.75) is 39.2 Å². The van der Waals surface area contributed by atoms with E-state index in [0.717, 1.165) is 13.0 Å². The van der Waals surface area contributed by atoms with E-state index in [1.165, 1.54) is 11.4 Å². The van der Waals surface area contributed by atoms with Crippen LogP contribution in [0.4, 0.5) is 0 Å². The van der Waals surface area contributed by atoms with E-state index in [1.54, 1.807) is 0 Å². The van der Waals surface area contributed by atoms with Gasteiger partial charge in [0.25, 0.3) is 10.2 Å².